The van der Waals surface area contributed by atoms with Crippen molar-refractivity contribution in [2.75, 3.05) is 20.3 Å². The molecule has 116 valence electrons. The highest BCUT2D eigenvalue weighted by Crippen LogP contribution is 2.30. The van der Waals surface area contributed by atoms with E-state index in [0.29, 0.717) is 17.9 Å². The van der Waals surface area contributed by atoms with Crippen LogP contribution in [0.4, 0.5) is 4.39 Å². The molecule has 1 aromatic carbocycles. The van der Waals surface area contributed by atoms with Gasteiger partial charge < -0.3 is 20.5 Å². The third-order valence-corrected chi connectivity index (χ3v) is 4.04. The van der Waals surface area contributed by atoms with Gasteiger partial charge >= 0.3 is 0 Å². The van der Waals surface area contributed by atoms with Crippen LogP contribution in [0.2, 0.25) is 0 Å². The first kappa shape index (κ1) is 15.7. The average molecular weight is 296 g/mol. The lowest BCUT2D eigenvalue weighted by Crippen LogP contribution is -2.50. The van der Waals surface area contributed by atoms with Crippen LogP contribution in [-0.4, -0.2) is 32.3 Å². The highest BCUT2D eigenvalue weighted by molar-refractivity contribution is 5.84. The lowest BCUT2D eigenvalue weighted by atomic mass is 9.84. The maximum Gasteiger partial charge on any atom is 0.230 e. The van der Waals surface area contributed by atoms with Gasteiger partial charge in [0.25, 0.3) is 0 Å². The molecule has 0 bridgehead atoms. The normalized spacial score (nSPS) is 26.4. The first-order valence-electron chi connectivity index (χ1n) is 6.86. The minimum Gasteiger partial charge on any atom is -0.496 e. The summed E-state index contributed by atoms with van der Waals surface area (Å²) in [7, 11) is 1.51. The number of ether oxygens (including phenoxy) is 2. The van der Waals surface area contributed by atoms with Crippen LogP contribution in [0.3, 0.4) is 0 Å². The number of benzene rings is 1. The summed E-state index contributed by atoms with van der Waals surface area (Å²) in [6.07, 6.45) is 0. The Morgan fingerprint density at radius 2 is 2.33 bits per heavy atom. The van der Waals surface area contributed by atoms with Gasteiger partial charge in [0.2, 0.25) is 5.91 Å². The second kappa shape index (κ2) is 5.99. The molecule has 1 aliphatic heterocycles. The molecule has 0 spiro atoms. The third-order valence-electron chi connectivity index (χ3n) is 4.04. The Hall–Kier alpha value is -1.66. The minimum atomic E-state index is -0.769. The topological polar surface area (TPSA) is 73.6 Å². The Balaban J connectivity index is 2.16. The zero-order chi connectivity index (χ0) is 15.6. The molecule has 21 heavy (non-hydrogen) atoms. The number of nitrogens with one attached hydrogen (secondary N) is 1. The molecule has 1 amide bonds. The van der Waals surface area contributed by atoms with Gasteiger partial charge in [-0.15, -0.1) is 0 Å². The van der Waals surface area contributed by atoms with Crippen molar-refractivity contribution in [3.05, 3.63) is 29.6 Å². The van der Waals surface area contributed by atoms with Gasteiger partial charge in [0.1, 0.15) is 11.6 Å². The van der Waals surface area contributed by atoms with E-state index in [-0.39, 0.29) is 24.4 Å². The standard InChI is InChI=1S/C15H21FN2O3/c1-9(11-6-10(16)4-5-12(11)20-3)18-14(19)15(2)8-21-7-13(15)17/h4-6,9,13H,7-8,17H2,1-3H3,(H,18,19). The Labute approximate surface area is 123 Å². The predicted octanol–water partition coefficient (Wildman–Crippen LogP) is 1.38. The summed E-state index contributed by atoms with van der Waals surface area (Å²) >= 11 is 0. The molecule has 0 aliphatic carbocycles. The highest BCUT2D eigenvalue weighted by atomic mass is 19.1. The summed E-state index contributed by atoms with van der Waals surface area (Å²) in [6, 6.07) is 3.47. The van der Waals surface area contributed by atoms with E-state index in [2.05, 4.69) is 5.32 Å². The monoisotopic (exact) mass is 296 g/mol. The molecule has 2 rings (SSSR count). The van der Waals surface area contributed by atoms with E-state index in [1.165, 1.54) is 19.2 Å². The summed E-state index contributed by atoms with van der Waals surface area (Å²) in [5, 5.41) is 2.87. The van der Waals surface area contributed by atoms with Gasteiger partial charge in [-0.3, -0.25) is 4.79 Å². The van der Waals surface area contributed by atoms with Crippen LogP contribution in [0.5, 0.6) is 5.75 Å². The van der Waals surface area contributed by atoms with Gasteiger partial charge in [0.15, 0.2) is 0 Å². The molecular formula is C15H21FN2O3. The number of hydrogen-bond acceptors (Lipinski definition) is 4. The maximum atomic E-state index is 13.4. The Kier molecular flexibility index (Phi) is 4.49. The molecule has 1 aromatic rings. The molecular weight excluding hydrogens is 275 g/mol. The van der Waals surface area contributed by atoms with Crippen LogP contribution in [0.1, 0.15) is 25.5 Å². The molecule has 1 aliphatic rings. The van der Waals surface area contributed by atoms with Gasteiger partial charge in [0.05, 0.1) is 31.8 Å². The Morgan fingerprint density at radius 3 is 2.90 bits per heavy atom. The molecule has 5 nitrogen and oxygen atoms in total. The summed E-state index contributed by atoms with van der Waals surface area (Å²) in [5.74, 6) is -0.0494. The van der Waals surface area contributed by atoms with E-state index in [1.807, 2.05) is 0 Å². The van der Waals surface area contributed by atoms with E-state index in [1.54, 1.807) is 19.9 Å². The number of carbonyl (C=O) groups is 1. The fraction of sp³-hybridized carbons (Fsp3) is 0.533. The zero-order valence-electron chi connectivity index (χ0n) is 12.5. The number of nitrogens with two attached hydrogens (primary N) is 1. The molecule has 3 N–H and O–H groups in total. The largest absolute Gasteiger partial charge is 0.496 e. The van der Waals surface area contributed by atoms with Crippen molar-refractivity contribution in [2.24, 2.45) is 11.1 Å². The molecule has 6 heteroatoms. The van der Waals surface area contributed by atoms with Crippen LogP contribution in [-0.2, 0) is 9.53 Å². The van der Waals surface area contributed by atoms with E-state index in [0.717, 1.165) is 0 Å². The van der Waals surface area contributed by atoms with Crippen molar-refractivity contribution < 1.29 is 18.7 Å². The first-order chi connectivity index (χ1) is 9.88. The predicted molar refractivity (Wildman–Crippen MR) is 76.4 cm³/mol. The van der Waals surface area contributed by atoms with Gasteiger partial charge in [-0.25, -0.2) is 4.39 Å². The van der Waals surface area contributed by atoms with E-state index in [9.17, 15) is 9.18 Å². The van der Waals surface area contributed by atoms with Crippen molar-refractivity contribution in [3.63, 3.8) is 0 Å². The van der Waals surface area contributed by atoms with E-state index < -0.39 is 11.5 Å². The van der Waals surface area contributed by atoms with Crippen molar-refractivity contribution >= 4 is 5.91 Å². The average Bonchev–Trinajstić information content (AvgIpc) is 2.79. The fourth-order valence-corrected chi connectivity index (χ4v) is 2.41. The van der Waals surface area contributed by atoms with Crippen LogP contribution in [0.15, 0.2) is 18.2 Å². The van der Waals surface area contributed by atoms with Gasteiger partial charge in [-0.05, 0) is 32.0 Å². The van der Waals surface area contributed by atoms with Crippen LogP contribution in [0, 0.1) is 11.2 Å². The number of hydrogen-bond donors (Lipinski definition) is 2. The molecule has 1 heterocycles. The number of rotatable bonds is 4. The Bertz CT molecular complexity index is 538. The lowest BCUT2D eigenvalue weighted by molar-refractivity contribution is -0.131. The fourth-order valence-electron chi connectivity index (χ4n) is 2.41. The minimum absolute atomic E-state index is 0.202. The first-order valence-corrected chi connectivity index (χ1v) is 6.86. The van der Waals surface area contributed by atoms with Crippen molar-refractivity contribution in [1.29, 1.82) is 0 Å². The van der Waals surface area contributed by atoms with Gasteiger partial charge in [-0.1, -0.05) is 0 Å². The molecule has 1 fully saturated rings. The SMILES string of the molecule is COc1ccc(F)cc1C(C)NC(=O)C1(C)COCC1N. The quantitative estimate of drug-likeness (QED) is 0.880. The number of methoxy groups -OCH3 is 1. The number of carbonyl (C=O) groups excluding carboxylic acids is 1. The van der Waals surface area contributed by atoms with Crippen molar-refractivity contribution in [2.45, 2.75) is 25.9 Å². The Morgan fingerprint density at radius 1 is 1.62 bits per heavy atom. The van der Waals surface area contributed by atoms with Gasteiger partial charge in [-0.2, -0.15) is 0 Å². The smallest absolute Gasteiger partial charge is 0.230 e. The molecule has 0 aromatic heterocycles. The summed E-state index contributed by atoms with van der Waals surface area (Å²) in [4.78, 5) is 12.4. The van der Waals surface area contributed by atoms with Crippen molar-refractivity contribution in [3.8, 4) is 5.75 Å². The zero-order valence-corrected chi connectivity index (χ0v) is 12.5. The second-order valence-electron chi connectivity index (χ2n) is 5.62. The number of amides is 1. The summed E-state index contributed by atoms with van der Waals surface area (Å²) < 4.78 is 23.9. The molecule has 3 unspecified atom stereocenters. The molecule has 0 radical (unpaired) electrons. The van der Waals surface area contributed by atoms with Gasteiger partial charge in [0, 0.05) is 11.6 Å². The van der Waals surface area contributed by atoms with E-state index >= 15 is 0 Å². The van der Waals surface area contributed by atoms with Crippen molar-refractivity contribution in [1.82, 2.24) is 5.32 Å². The van der Waals surface area contributed by atoms with E-state index in [4.69, 9.17) is 15.2 Å². The summed E-state index contributed by atoms with van der Waals surface area (Å²) in [5.41, 5.74) is 5.75. The van der Waals surface area contributed by atoms with Crippen LogP contribution >= 0.6 is 0 Å². The maximum absolute atomic E-state index is 13.4. The third kappa shape index (κ3) is 3.01. The highest BCUT2D eigenvalue weighted by Gasteiger charge is 2.44. The molecule has 0 saturated carbocycles. The second-order valence-corrected chi connectivity index (χ2v) is 5.62. The molecule has 1 saturated heterocycles. The molecule has 3 atom stereocenters. The number of halogens is 1. The van der Waals surface area contributed by atoms with Crippen LogP contribution < -0.4 is 15.8 Å². The lowest BCUT2D eigenvalue weighted by Gasteiger charge is -2.28. The summed E-state index contributed by atoms with van der Waals surface area (Å²) in [6.45, 7) is 4.20. The van der Waals surface area contributed by atoms with Crippen LogP contribution in [0.25, 0.3) is 0 Å².